The van der Waals surface area contributed by atoms with Gasteiger partial charge in [-0.05, 0) is 36.4 Å². The molecule has 0 amide bonds. The van der Waals surface area contributed by atoms with Crippen LogP contribution in [-0.4, -0.2) is 74.0 Å². The lowest BCUT2D eigenvalue weighted by Gasteiger charge is -2.34. The van der Waals surface area contributed by atoms with Crippen molar-refractivity contribution >= 4 is 38.9 Å². The van der Waals surface area contributed by atoms with Gasteiger partial charge in [0, 0.05) is 54.8 Å². The van der Waals surface area contributed by atoms with Gasteiger partial charge in [-0.1, -0.05) is 29.3 Å². The molecule has 0 N–H and O–H groups in total. The van der Waals surface area contributed by atoms with Crippen LogP contribution in [-0.2, 0) is 31.8 Å². The minimum atomic E-state index is -3.15. The summed E-state index contributed by atoms with van der Waals surface area (Å²) in [6, 6.07) is 13.0. The van der Waals surface area contributed by atoms with Crippen molar-refractivity contribution in [3.8, 4) is 5.75 Å². The Labute approximate surface area is 226 Å². The summed E-state index contributed by atoms with van der Waals surface area (Å²) >= 11 is 12.6. The van der Waals surface area contributed by atoms with E-state index in [-0.39, 0.29) is 6.10 Å². The second kappa shape index (κ2) is 10.8. The van der Waals surface area contributed by atoms with Crippen LogP contribution in [0.2, 0.25) is 10.0 Å². The molecular formula is C25H28Cl2N4O5S. The number of aromatic nitrogens is 2. The molecule has 0 unspecified atom stereocenters. The maximum absolute atomic E-state index is 11.7. The third kappa shape index (κ3) is 6.05. The first-order valence-corrected chi connectivity index (χ1v) is 14.5. The van der Waals surface area contributed by atoms with E-state index < -0.39 is 15.8 Å². The summed E-state index contributed by atoms with van der Waals surface area (Å²) in [6.45, 7) is 3.24. The van der Waals surface area contributed by atoms with Crippen LogP contribution in [0.1, 0.15) is 5.56 Å². The average molecular weight is 567 g/mol. The lowest BCUT2D eigenvalue weighted by molar-refractivity contribution is -0.189. The zero-order valence-electron chi connectivity index (χ0n) is 20.3. The van der Waals surface area contributed by atoms with E-state index in [9.17, 15) is 8.42 Å². The molecule has 12 heteroatoms. The molecule has 5 rings (SSSR count). The molecule has 0 spiro atoms. The van der Waals surface area contributed by atoms with Crippen molar-refractivity contribution < 1.29 is 22.6 Å². The summed E-state index contributed by atoms with van der Waals surface area (Å²) in [5.74, 6) is -0.396. The molecule has 9 nitrogen and oxygen atoms in total. The highest BCUT2D eigenvalue weighted by molar-refractivity contribution is 7.88. The molecule has 3 heterocycles. The lowest BCUT2D eigenvalue weighted by Crippen LogP contribution is -2.48. The van der Waals surface area contributed by atoms with Gasteiger partial charge in [0.05, 0.1) is 30.8 Å². The minimum absolute atomic E-state index is 0.295. The number of anilines is 1. The van der Waals surface area contributed by atoms with Crippen LogP contribution in [0.4, 0.5) is 5.69 Å². The van der Waals surface area contributed by atoms with Crippen molar-refractivity contribution in [2.45, 2.75) is 18.4 Å². The number of nitrogens with zero attached hydrogens (tertiary/aromatic N) is 4. The van der Waals surface area contributed by atoms with Gasteiger partial charge < -0.3 is 23.7 Å². The van der Waals surface area contributed by atoms with Gasteiger partial charge in [-0.3, -0.25) is 0 Å². The lowest BCUT2D eigenvalue weighted by atomic mass is 10.1. The second-order valence-corrected chi connectivity index (χ2v) is 11.9. The molecule has 2 aliphatic rings. The molecule has 2 aromatic carbocycles. The molecule has 0 radical (unpaired) electrons. The zero-order chi connectivity index (χ0) is 26.0. The summed E-state index contributed by atoms with van der Waals surface area (Å²) in [5, 5.41) is 0.993. The van der Waals surface area contributed by atoms with E-state index >= 15 is 0 Å². The molecule has 2 saturated heterocycles. The molecular weight excluding hydrogens is 539 g/mol. The van der Waals surface area contributed by atoms with Gasteiger partial charge in [0.15, 0.2) is 0 Å². The van der Waals surface area contributed by atoms with Gasteiger partial charge in [0.2, 0.25) is 15.8 Å². The topological polar surface area (TPSA) is 86.1 Å². The Morgan fingerprint density at radius 1 is 1.11 bits per heavy atom. The predicted octanol–water partition coefficient (Wildman–Crippen LogP) is 3.62. The fourth-order valence-electron chi connectivity index (χ4n) is 4.60. The number of piperazine rings is 1. The number of ether oxygens (including phenoxy) is 3. The molecule has 1 aromatic heterocycles. The largest absolute Gasteiger partial charge is 0.491 e. The maximum atomic E-state index is 11.7. The van der Waals surface area contributed by atoms with Crippen molar-refractivity contribution in [1.82, 2.24) is 13.9 Å². The van der Waals surface area contributed by atoms with Gasteiger partial charge in [-0.25, -0.2) is 13.4 Å². The van der Waals surface area contributed by atoms with E-state index in [1.54, 1.807) is 24.7 Å². The Kier molecular flexibility index (Phi) is 7.67. The van der Waals surface area contributed by atoms with Crippen LogP contribution in [0.15, 0.2) is 61.2 Å². The average Bonchev–Trinajstić information content (AvgIpc) is 3.53. The van der Waals surface area contributed by atoms with E-state index in [0.29, 0.717) is 67.3 Å². The van der Waals surface area contributed by atoms with Crippen molar-refractivity contribution in [3.05, 3.63) is 76.8 Å². The molecule has 198 valence electrons. The van der Waals surface area contributed by atoms with Crippen LogP contribution in [0.25, 0.3) is 0 Å². The Hall–Kier alpha value is -2.34. The molecule has 37 heavy (non-hydrogen) atoms. The van der Waals surface area contributed by atoms with E-state index in [2.05, 4.69) is 9.88 Å². The van der Waals surface area contributed by atoms with E-state index in [4.69, 9.17) is 37.4 Å². The predicted molar refractivity (Wildman–Crippen MR) is 142 cm³/mol. The highest BCUT2D eigenvalue weighted by Gasteiger charge is 2.45. The molecule has 0 saturated carbocycles. The standard InChI is InChI=1S/C25H28Cl2N4O5S/c1-37(32,33)31-12-10-30(11-13-31)20-3-5-21(6-4-20)34-15-22-16-35-25(36-22,17-29-9-8-28-18-29)23-7-2-19(26)14-24(23)27/h2-9,14,18,22H,10-13,15-17H2,1H3/t22-,25+/m1/s1. The molecule has 0 aliphatic carbocycles. The first kappa shape index (κ1) is 26.3. The SMILES string of the molecule is CS(=O)(=O)N1CCN(c2ccc(OC[C@@H]3CO[C@](Cn4ccnc4)(c4ccc(Cl)cc4Cl)O3)cc2)CC1. The second-order valence-electron chi connectivity index (χ2n) is 9.12. The Bertz CT molecular complexity index is 1320. The van der Waals surface area contributed by atoms with Gasteiger partial charge in [-0.2, -0.15) is 4.31 Å². The number of sulfonamides is 1. The Balaban J connectivity index is 1.21. The number of hydrogen-bond acceptors (Lipinski definition) is 7. The molecule has 0 bridgehead atoms. The summed E-state index contributed by atoms with van der Waals surface area (Å²) in [7, 11) is -3.15. The van der Waals surface area contributed by atoms with Crippen molar-refractivity contribution in [3.63, 3.8) is 0 Å². The van der Waals surface area contributed by atoms with E-state index in [0.717, 1.165) is 5.69 Å². The van der Waals surface area contributed by atoms with Crippen molar-refractivity contribution in [2.24, 2.45) is 0 Å². The summed E-state index contributed by atoms with van der Waals surface area (Å²) < 4.78 is 45.5. The first-order chi connectivity index (χ1) is 17.7. The van der Waals surface area contributed by atoms with Gasteiger partial charge in [0.25, 0.3) is 0 Å². The fourth-order valence-corrected chi connectivity index (χ4v) is 5.97. The number of benzene rings is 2. The monoisotopic (exact) mass is 566 g/mol. The summed E-state index contributed by atoms with van der Waals surface area (Å²) in [5.41, 5.74) is 1.72. The van der Waals surface area contributed by atoms with Crippen molar-refractivity contribution in [1.29, 1.82) is 0 Å². The molecule has 2 fully saturated rings. The van der Waals surface area contributed by atoms with E-state index in [1.165, 1.54) is 10.6 Å². The Morgan fingerprint density at radius 3 is 2.51 bits per heavy atom. The van der Waals surface area contributed by atoms with Crippen LogP contribution in [0.3, 0.4) is 0 Å². The smallest absolute Gasteiger partial charge is 0.215 e. The van der Waals surface area contributed by atoms with E-state index in [1.807, 2.05) is 41.1 Å². The summed E-state index contributed by atoms with van der Waals surface area (Å²) in [6.07, 6.45) is 6.16. The van der Waals surface area contributed by atoms with Crippen LogP contribution >= 0.6 is 23.2 Å². The van der Waals surface area contributed by atoms with Crippen molar-refractivity contribution in [2.75, 3.05) is 50.5 Å². The number of rotatable bonds is 8. The van der Waals surface area contributed by atoms with Gasteiger partial charge in [-0.15, -0.1) is 0 Å². The summed E-state index contributed by atoms with van der Waals surface area (Å²) in [4.78, 5) is 6.28. The third-order valence-corrected chi connectivity index (χ3v) is 8.35. The van der Waals surface area contributed by atoms with Gasteiger partial charge in [0.1, 0.15) is 18.5 Å². The zero-order valence-corrected chi connectivity index (χ0v) is 22.6. The molecule has 2 aliphatic heterocycles. The first-order valence-electron chi connectivity index (χ1n) is 11.9. The van der Waals surface area contributed by atoms with Crippen LogP contribution in [0, 0.1) is 0 Å². The quantitative estimate of drug-likeness (QED) is 0.411. The number of hydrogen-bond donors (Lipinski definition) is 0. The molecule has 3 aromatic rings. The minimum Gasteiger partial charge on any atom is -0.491 e. The molecule has 2 atom stereocenters. The highest BCUT2D eigenvalue weighted by atomic mass is 35.5. The van der Waals surface area contributed by atoms with Crippen LogP contribution < -0.4 is 9.64 Å². The fraction of sp³-hybridized carbons (Fsp3) is 0.400. The van der Waals surface area contributed by atoms with Gasteiger partial charge >= 0.3 is 0 Å². The third-order valence-electron chi connectivity index (χ3n) is 6.50. The number of imidazole rings is 1. The highest BCUT2D eigenvalue weighted by Crippen LogP contribution is 2.40. The maximum Gasteiger partial charge on any atom is 0.215 e. The Morgan fingerprint density at radius 2 is 1.86 bits per heavy atom. The van der Waals surface area contributed by atoms with Crippen LogP contribution in [0.5, 0.6) is 5.75 Å². The normalized spacial score (nSPS) is 22.9. The number of halogens is 2.